The lowest BCUT2D eigenvalue weighted by atomic mass is 10.00. The molecule has 2 aromatic carbocycles. The number of anilines is 1. The number of benzene rings is 2. The van der Waals surface area contributed by atoms with Crippen LogP contribution in [0.1, 0.15) is 22.3 Å². The zero-order chi connectivity index (χ0) is 13.1. The van der Waals surface area contributed by atoms with Crippen LogP contribution < -0.4 is 5.32 Å². The summed E-state index contributed by atoms with van der Waals surface area (Å²) < 4.78 is 12.8. The van der Waals surface area contributed by atoms with E-state index >= 15 is 0 Å². The van der Waals surface area contributed by atoms with Crippen molar-refractivity contribution >= 4 is 5.69 Å². The van der Waals surface area contributed by atoms with E-state index in [0.29, 0.717) is 0 Å². The van der Waals surface area contributed by atoms with Gasteiger partial charge in [-0.05, 0) is 61.7 Å². The Kier molecular flexibility index (Phi) is 3.66. The van der Waals surface area contributed by atoms with E-state index in [1.807, 2.05) is 0 Å². The van der Waals surface area contributed by atoms with Gasteiger partial charge in [-0.2, -0.15) is 0 Å². The van der Waals surface area contributed by atoms with Gasteiger partial charge in [-0.1, -0.05) is 17.7 Å². The second-order valence-electron chi connectivity index (χ2n) is 4.74. The molecule has 0 saturated carbocycles. The fourth-order valence-electron chi connectivity index (χ4n) is 2.25. The molecule has 0 amide bonds. The van der Waals surface area contributed by atoms with E-state index in [0.717, 1.165) is 12.2 Å². The summed E-state index contributed by atoms with van der Waals surface area (Å²) in [5.74, 6) is -0.205. The van der Waals surface area contributed by atoms with Crippen LogP contribution in [0.5, 0.6) is 0 Å². The van der Waals surface area contributed by atoms with E-state index in [1.165, 1.54) is 34.4 Å². The lowest BCUT2D eigenvalue weighted by molar-refractivity contribution is 0.628. The zero-order valence-electron chi connectivity index (χ0n) is 11.0. The largest absolute Gasteiger partial charge is 0.381 e. The maximum Gasteiger partial charge on any atom is 0.123 e. The van der Waals surface area contributed by atoms with Gasteiger partial charge in [-0.25, -0.2) is 4.39 Å². The van der Waals surface area contributed by atoms with Crippen LogP contribution >= 0.6 is 0 Å². The molecule has 0 aliphatic heterocycles. The van der Waals surface area contributed by atoms with Crippen molar-refractivity contribution in [1.82, 2.24) is 0 Å². The summed E-state index contributed by atoms with van der Waals surface area (Å²) in [6.45, 7) is 7.13. The molecule has 0 bridgehead atoms. The minimum atomic E-state index is -0.205. The summed E-state index contributed by atoms with van der Waals surface area (Å²) in [6, 6.07) is 10.8. The molecule has 2 heteroatoms. The summed E-state index contributed by atoms with van der Waals surface area (Å²) >= 11 is 0. The number of hydrogen-bond donors (Lipinski definition) is 1. The van der Waals surface area contributed by atoms with Crippen molar-refractivity contribution in [2.24, 2.45) is 0 Å². The smallest absolute Gasteiger partial charge is 0.123 e. The number of hydrogen-bond acceptors (Lipinski definition) is 1. The van der Waals surface area contributed by atoms with Crippen LogP contribution in [0.2, 0.25) is 0 Å². The van der Waals surface area contributed by atoms with E-state index in [-0.39, 0.29) is 5.82 Å². The first-order chi connectivity index (χ1) is 8.56. The number of aryl methyl sites for hydroxylation is 3. The van der Waals surface area contributed by atoms with Gasteiger partial charge in [0, 0.05) is 12.2 Å². The van der Waals surface area contributed by atoms with Crippen LogP contribution in [-0.2, 0) is 6.54 Å². The minimum absolute atomic E-state index is 0.205. The summed E-state index contributed by atoms with van der Waals surface area (Å²) in [4.78, 5) is 0. The van der Waals surface area contributed by atoms with Crippen molar-refractivity contribution in [2.75, 3.05) is 5.32 Å². The standard InChI is InChI=1S/C16H18FN/c1-11-8-12(2)16(13(3)9-11)10-18-15-6-4-14(17)5-7-15/h4-9,18H,10H2,1-3H3. The predicted molar refractivity (Wildman–Crippen MR) is 74.4 cm³/mol. The van der Waals surface area contributed by atoms with Gasteiger partial charge in [0.1, 0.15) is 5.82 Å². The van der Waals surface area contributed by atoms with Crippen molar-refractivity contribution in [2.45, 2.75) is 27.3 Å². The van der Waals surface area contributed by atoms with Gasteiger partial charge in [0.2, 0.25) is 0 Å². The second kappa shape index (κ2) is 5.21. The Morgan fingerprint density at radius 2 is 1.50 bits per heavy atom. The third-order valence-electron chi connectivity index (χ3n) is 3.15. The van der Waals surface area contributed by atoms with Crippen molar-refractivity contribution in [3.63, 3.8) is 0 Å². The summed E-state index contributed by atoms with van der Waals surface area (Å²) in [7, 11) is 0. The van der Waals surface area contributed by atoms with Gasteiger partial charge in [0.05, 0.1) is 0 Å². The van der Waals surface area contributed by atoms with Gasteiger partial charge in [0.15, 0.2) is 0 Å². The monoisotopic (exact) mass is 243 g/mol. The molecule has 0 aromatic heterocycles. The Balaban J connectivity index is 2.13. The summed E-state index contributed by atoms with van der Waals surface area (Å²) in [6.07, 6.45) is 0. The molecule has 0 fully saturated rings. The van der Waals surface area contributed by atoms with Gasteiger partial charge in [-0.3, -0.25) is 0 Å². The van der Waals surface area contributed by atoms with E-state index < -0.39 is 0 Å². The van der Waals surface area contributed by atoms with Crippen molar-refractivity contribution in [3.8, 4) is 0 Å². The van der Waals surface area contributed by atoms with Crippen LogP contribution in [-0.4, -0.2) is 0 Å². The maximum absolute atomic E-state index is 12.8. The molecule has 2 rings (SSSR count). The molecule has 0 unspecified atom stereocenters. The number of rotatable bonds is 3. The van der Waals surface area contributed by atoms with E-state index in [4.69, 9.17) is 0 Å². The third-order valence-corrected chi connectivity index (χ3v) is 3.15. The van der Waals surface area contributed by atoms with Crippen molar-refractivity contribution in [1.29, 1.82) is 0 Å². The van der Waals surface area contributed by atoms with E-state index in [2.05, 4.69) is 38.2 Å². The Morgan fingerprint density at radius 1 is 0.944 bits per heavy atom. The van der Waals surface area contributed by atoms with Crippen LogP contribution in [0.3, 0.4) is 0 Å². The third kappa shape index (κ3) is 2.89. The fraction of sp³-hybridized carbons (Fsp3) is 0.250. The lowest BCUT2D eigenvalue weighted by Gasteiger charge is -2.13. The molecule has 0 spiro atoms. The van der Waals surface area contributed by atoms with E-state index in [9.17, 15) is 4.39 Å². The molecule has 2 aromatic rings. The minimum Gasteiger partial charge on any atom is -0.381 e. The Hall–Kier alpha value is -1.83. The van der Waals surface area contributed by atoms with Crippen molar-refractivity contribution in [3.05, 3.63) is 64.5 Å². The molecule has 0 saturated heterocycles. The van der Waals surface area contributed by atoms with Gasteiger partial charge < -0.3 is 5.32 Å². The highest BCUT2D eigenvalue weighted by Gasteiger charge is 2.03. The maximum atomic E-state index is 12.8. The van der Waals surface area contributed by atoms with Crippen LogP contribution in [0, 0.1) is 26.6 Å². The van der Waals surface area contributed by atoms with Gasteiger partial charge >= 0.3 is 0 Å². The molecular weight excluding hydrogens is 225 g/mol. The second-order valence-corrected chi connectivity index (χ2v) is 4.74. The normalized spacial score (nSPS) is 10.4. The molecule has 94 valence electrons. The Bertz CT molecular complexity index is 521. The molecule has 1 nitrogen and oxygen atoms in total. The molecule has 0 radical (unpaired) electrons. The highest BCUT2D eigenvalue weighted by Crippen LogP contribution is 2.18. The van der Waals surface area contributed by atoms with E-state index in [1.54, 1.807) is 12.1 Å². The molecule has 0 atom stereocenters. The molecule has 0 aliphatic carbocycles. The first-order valence-electron chi connectivity index (χ1n) is 6.12. The van der Waals surface area contributed by atoms with Crippen LogP contribution in [0.15, 0.2) is 36.4 Å². The van der Waals surface area contributed by atoms with Crippen molar-refractivity contribution < 1.29 is 4.39 Å². The Labute approximate surface area is 108 Å². The number of nitrogens with one attached hydrogen (secondary N) is 1. The molecule has 1 N–H and O–H groups in total. The summed E-state index contributed by atoms with van der Waals surface area (Å²) in [5.41, 5.74) is 6.13. The lowest BCUT2D eigenvalue weighted by Crippen LogP contribution is -2.04. The molecule has 0 heterocycles. The average Bonchev–Trinajstić information content (AvgIpc) is 2.30. The van der Waals surface area contributed by atoms with Gasteiger partial charge in [0.25, 0.3) is 0 Å². The molecule has 18 heavy (non-hydrogen) atoms. The summed E-state index contributed by atoms with van der Waals surface area (Å²) in [5, 5.41) is 3.32. The predicted octanol–water partition coefficient (Wildman–Crippen LogP) is 4.36. The molecule has 0 aliphatic rings. The molecular formula is C16H18FN. The highest BCUT2D eigenvalue weighted by molar-refractivity contribution is 5.46. The quantitative estimate of drug-likeness (QED) is 0.844. The Morgan fingerprint density at radius 3 is 2.06 bits per heavy atom. The SMILES string of the molecule is Cc1cc(C)c(CNc2ccc(F)cc2)c(C)c1. The van der Waals surface area contributed by atoms with Crippen LogP contribution in [0.4, 0.5) is 10.1 Å². The first kappa shape index (κ1) is 12.6. The zero-order valence-corrected chi connectivity index (χ0v) is 11.0. The topological polar surface area (TPSA) is 12.0 Å². The van der Waals surface area contributed by atoms with Crippen LogP contribution in [0.25, 0.3) is 0 Å². The first-order valence-corrected chi connectivity index (χ1v) is 6.12. The highest BCUT2D eigenvalue weighted by atomic mass is 19.1. The number of halogens is 1. The average molecular weight is 243 g/mol. The van der Waals surface area contributed by atoms with Gasteiger partial charge in [-0.15, -0.1) is 0 Å². The fourth-order valence-corrected chi connectivity index (χ4v) is 2.25.